The first kappa shape index (κ1) is 12.2. The van der Waals surface area contributed by atoms with Crippen LogP contribution in [-0.4, -0.2) is 23.9 Å². The predicted molar refractivity (Wildman–Crippen MR) is 44.0 cm³/mol. The third-order valence-corrected chi connectivity index (χ3v) is 1.46. The lowest BCUT2D eigenvalue weighted by Gasteiger charge is -2.16. The number of aliphatic hydroxyl groups is 1. The minimum atomic E-state index is -4.44. The predicted octanol–water partition coefficient (Wildman–Crippen LogP) is 1.37. The maximum absolute atomic E-state index is 12.1. The second-order valence-electron chi connectivity index (χ2n) is 2.39. The van der Waals surface area contributed by atoms with Crippen LogP contribution < -0.4 is 5.73 Å². The van der Waals surface area contributed by atoms with Crippen molar-refractivity contribution >= 4 is 0 Å². The van der Waals surface area contributed by atoms with Crippen molar-refractivity contribution < 1.29 is 18.3 Å². The van der Waals surface area contributed by atoms with Crippen molar-refractivity contribution in [1.82, 2.24) is 0 Å². The van der Waals surface area contributed by atoms with Crippen molar-refractivity contribution in [2.45, 2.75) is 19.1 Å². The smallest absolute Gasteiger partial charge is 0.392 e. The van der Waals surface area contributed by atoms with Crippen LogP contribution in [0.2, 0.25) is 0 Å². The van der Waals surface area contributed by atoms with Crippen molar-refractivity contribution in [2.24, 2.45) is 5.73 Å². The largest absolute Gasteiger partial charge is 0.407 e. The number of hydrogen-bond acceptors (Lipinski definition) is 2. The highest BCUT2D eigenvalue weighted by Gasteiger charge is 2.37. The van der Waals surface area contributed by atoms with E-state index in [1.54, 1.807) is 0 Å². The van der Waals surface area contributed by atoms with E-state index >= 15 is 0 Å². The first-order valence-electron chi connectivity index (χ1n) is 3.69. The van der Waals surface area contributed by atoms with E-state index in [0.29, 0.717) is 0 Å². The van der Waals surface area contributed by atoms with Gasteiger partial charge in [0.15, 0.2) is 0 Å². The third-order valence-electron chi connectivity index (χ3n) is 1.46. The van der Waals surface area contributed by atoms with E-state index < -0.39 is 12.2 Å². The molecule has 0 aromatic rings. The first-order valence-corrected chi connectivity index (χ1v) is 3.69. The van der Waals surface area contributed by atoms with Gasteiger partial charge in [0.2, 0.25) is 0 Å². The minimum Gasteiger partial charge on any atom is -0.392 e. The molecule has 5 heteroatoms. The molecule has 0 saturated heterocycles. The van der Waals surface area contributed by atoms with Crippen molar-refractivity contribution in [3.8, 4) is 0 Å². The van der Waals surface area contributed by atoms with Crippen LogP contribution in [-0.2, 0) is 0 Å². The van der Waals surface area contributed by atoms with Crippen LogP contribution in [0.25, 0.3) is 0 Å². The van der Waals surface area contributed by atoms with Gasteiger partial charge < -0.3 is 10.8 Å². The average Bonchev–Trinajstić information content (AvgIpc) is 2.04. The normalized spacial score (nSPS) is 16.6. The quantitative estimate of drug-likeness (QED) is 0.668. The minimum absolute atomic E-state index is 0.0541. The van der Waals surface area contributed by atoms with E-state index in [1.807, 2.05) is 0 Å². The summed E-state index contributed by atoms with van der Waals surface area (Å²) in [6.45, 7) is 1.16. The fourth-order valence-corrected chi connectivity index (χ4v) is 0.757. The van der Waals surface area contributed by atoms with E-state index in [9.17, 15) is 13.2 Å². The van der Waals surface area contributed by atoms with Crippen LogP contribution in [0, 0.1) is 0 Å². The third kappa shape index (κ3) is 4.10. The second-order valence-corrected chi connectivity index (χ2v) is 2.39. The Morgan fingerprint density at radius 2 is 2.08 bits per heavy atom. The molecule has 3 N–H and O–H groups in total. The van der Waals surface area contributed by atoms with Crippen LogP contribution in [0.5, 0.6) is 0 Å². The monoisotopic (exact) mass is 195 g/mol. The number of hydrogen-bond donors (Lipinski definition) is 2. The summed E-state index contributed by atoms with van der Waals surface area (Å²) in [5.41, 5.74) is 4.87. The SMILES string of the molecule is C/C=C(\C=C/CO)C(N)C(F)(F)F. The van der Waals surface area contributed by atoms with Gasteiger partial charge in [0.05, 0.1) is 6.61 Å². The van der Waals surface area contributed by atoms with Gasteiger partial charge in [-0.1, -0.05) is 18.2 Å². The molecule has 0 spiro atoms. The van der Waals surface area contributed by atoms with Crippen LogP contribution in [0.1, 0.15) is 6.92 Å². The molecule has 0 saturated carbocycles. The van der Waals surface area contributed by atoms with Gasteiger partial charge in [-0.2, -0.15) is 13.2 Å². The Labute approximate surface area is 74.5 Å². The summed E-state index contributed by atoms with van der Waals surface area (Å²) < 4.78 is 36.2. The maximum Gasteiger partial charge on any atom is 0.407 e. The van der Waals surface area contributed by atoms with Crippen LogP contribution in [0.4, 0.5) is 13.2 Å². The molecule has 0 heterocycles. The van der Waals surface area contributed by atoms with Gasteiger partial charge >= 0.3 is 6.18 Å². The fraction of sp³-hybridized carbons (Fsp3) is 0.500. The van der Waals surface area contributed by atoms with Gasteiger partial charge in [-0.15, -0.1) is 0 Å². The highest BCUT2D eigenvalue weighted by molar-refractivity contribution is 5.25. The molecule has 0 aliphatic rings. The van der Waals surface area contributed by atoms with Gasteiger partial charge in [-0.25, -0.2) is 0 Å². The molecule has 13 heavy (non-hydrogen) atoms. The molecular formula is C8H12F3NO. The number of nitrogens with two attached hydrogens (primary N) is 1. The molecule has 0 rings (SSSR count). The Bertz CT molecular complexity index is 208. The summed E-state index contributed by atoms with van der Waals surface area (Å²) in [4.78, 5) is 0. The zero-order valence-corrected chi connectivity index (χ0v) is 7.17. The molecule has 0 aliphatic carbocycles. The lowest BCUT2D eigenvalue weighted by Crippen LogP contribution is -2.38. The number of rotatable bonds is 3. The van der Waals surface area contributed by atoms with Gasteiger partial charge in [0.25, 0.3) is 0 Å². The average molecular weight is 195 g/mol. The molecule has 0 radical (unpaired) electrons. The van der Waals surface area contributed by atoms with Crippen LogP contribution in [0.3, 0.4) is 0 Å². The molecule has 1 atom stereocenters. The highest BCUT2D eigenvalue weighted by Crippen LogP contribution is 2.24. The van der Waals surface area contributed by atoms with E-state index in [1.165, 1.54) is 19.1 Å². The number of halogens is 3. The first-order chi connectivity index (χ1) is 5.93. The maximum atomic E-state index is 12.1. The fourth-order valence-electron chi connectivity index (χ4n) is 0.757. The van der Waals surface area contributed by atoms with Crippen LogP contribution in [0.15, 0.2) is 23.8 Å². The van der Waals surface area contributed by atoms with Gasteiger partial charge in [0, 0.05) is 0 Å². The Hall–Kier alpha value is -0.810. The molecule has 0 bridgehead atoms. The van der Waals surface area contributed by atoms with Crippen LogP contribution >= 0.6 is 0 Å². The second kappa shape index (κ2) is 5.04. The standard InChI is InChI=1S/C8H12F3NO/c1-2-6(4-3-5-13)7(12)8(9,10)11/h2-4,7,13H,5,12H2,1H3/b4-3-,6-2+. The van der Waals surface area contributed by atoms with Gasteiger partial charge in [-0.3, -0.25) is 0 Å². The molecular weight excluding hydrogens is 183 g/mol. The molecule has 0 fully saturated rings. The zero-order chi connectivity index (χ0) is 10.5. The number of aliphatic hydroxyl groups excluding tert-OH is 1. The summed E-state index contributed by atoms with van der Waals surface area (Å²) in [6, 6.07) is -1.99. The summed E-state index contributed by atoms with van der Waals surface area (Å²) in [6.07, 6.45) is -0.801. The Morgan fingerprint density at radius 1 is 1.54 bits per heavy atom. The lowest BCUT2D eigenvalue weighted by molar-refractivity contribution is -0.138. The summed E-state index contributed by atoms with van der Waals surface area (Å²) >= 11 is 0. The molecule has 2 nitrogen and oxygen atoms in total. The zero-order valence-electron chi connectivity index (χ0n) is 7.17. The Kier molecular flexibility index (Phi) is 4.72. The molecule has 0 aromatic heterocycles. The van der Waals surface area contributed by atoms with Crippen molar-refractivity contribution in [3.63, 3.8) is 0 Å². The lowest BCUT2D eigenvalue weighted by atomic mass is 10.1. The molecule has 76 valence electrons. The topological polar surface area (TPSA) is 46.2 Å². The summed E-state index contributed by atoms with van der Waals surface area (Å²) in [5, 5.41) is 8.36. The van der Waals surface area contributed by atoms with Gasteiger partial charge in [-0.05, 0) is 12.5 Å². The van der Waals surface area contributed by atoms with Crippen molar-refractivity contribution in [2.75, 3.05) is 6.61 Å². The van der Waals surface area contributed by atoms with Gasteiger partial charge in [0.1, 0.15) is 6.04 Å². The summed E-state index contributed by atoms with van der Waals surface area (Å²) in [7, 11) is 0. The summed E-state index contributed by atoms with van der Waals surface area (Å²) in [5.74, 6) is 0. The number of alkyl halides is 3. The van der Waals surface area contributed by atoms with E-state index in [0.717, 1.165) is 6.08 Å². The Morgan fingerprint density at radius 3 is 2.38 bits per heavy atom. The molecule has 0 amide bonds. The van der Waals surface area contributed by atoms with E-state index in [-0.39, 0.29) is 12.2 Å². The van der Waals surface area contributed by atoms with Crippen molar-refractivity contribution in [3.05, 3.63) is 23.8 Å². The van der Waals surface area contributed by atoms with E-state index in [2.05, 4.69) is 0 Å². The van der Waals surface area contributed by atoms with Crippen molar-refractivity contribution in [1.29, 1.82) is 0 Å². The highest BCUT2D eigenvalue weighted by atomic mass is 19.4. The Balaban J connectivity index is 4.53. The number of allylic oxidation sites excluding steroid dienone is 1. The molecule has 0 aromatic carbocycles. The molecule has 1 unspecified atom stereocenters. The molecule has 0 aliphatic heterocycles. The van der Waals surface area contributed by atoms with E-state index in [4.69, 9.17) is 10.8 Å².